The van der Waals surface area contributed by atoms with E-state index in [1.807, 2.05) is 0 Å². The molecule has 1 aliphatic carbocycles. The number of nitrogen functional groups attached to an aromatic ring is 1. The lowest BCUT2D eigenvalue weighted by atomic mass is 9.95. The summed E-state index contributed by atoms with van der Waals surface area (Å²) in [5.74, 6) is 2.28. The maximum atomic E-state index is 6.12. The molecule has 1 aliphatic rings. The molecular formula is C16H22N4S. The van der Waals surface area contributed by atoms with Crippen LogP contribution < -0.4 is 5.73 Å². The van der Waals surface area contributed by atoms with Crippen LogP contribution in [0.3, 0.4) is 0 Å². The molecule has 2 aromatic heterocycles. The maximum absolute atomic E-state index is 6.12. The number of hydrogen-bond donors (Lipinski definition) is 1. The number of rotatable bonds is 4. The number of aryl methyl sites for hydroxylation is 2. The highest BCUT2D eigenvalue weighted by Crippen LogP contribution is 2.27. The fraction of sp³-hybridized carbons (Fsp3) is 0.562. The third-order valence-electron chi connectivity index (χ3n) is 3.90. The van der Waals surface area contributed by atoms with Crippen molar-refractivity contribution in [2.24, 2.45) is 5.92 Å². The van der Waals surface area contributed by atoms with E-state index in [2.05, 4.69) is 29.9 Å². The van der Waals surface area contributed by atoms with Crippen molar-refractivity contribution in [2.45, 2.75) is 51.1 Å². The van der Waals surface area contributed by atoms with Gasteiger partial charge < -0.3 is 5.73 Å². The van der Waals surface area contributed by atoms with E-state index in [4.69, 9.17) is 10.7 Å². The molecular weight excluding hydrogens is 280 g/mol. The topological polar surface area (TPSA) is 64.7 Å². The van der Waals surface area contributed by atoms with E-state index in [1.165, 1.54) is 24.1 Å². The maximum Gasteiger partial charge on any atom is 0.191 e. The molecule has 0 fully saturated rings. The molecule has 2 N–H and O–H groups in total. The van der Waals surface area contributed by atoms with Crippen LogP contribution in [-0.4, -0.2) is 20.7 Å². The standard InChI is InChI=1S/C16H22N4S/c1-10(2)7-8-21-16-19-14(17)12-9-11-5-3-4-6-13(11)18-15(12)20-16/h9-10H,3-8H2,1-2H3,(H2,17,18,19,20). The summed E-state index contributed by atoms with van der Waals surface area (Å²) < 4.78 is 0. The molecule has 0 saturated carbocycles. The van der Waals surface area contributed by atoms with Crippen molar-refractivity contribution in [3.8, 4) is 0 Å². The summed E-state index contributed by atoms with van der Waals surface area (Å²) in [6, 6.07) is 2.15. The van der Waals surface area contributed by atoms with Crippen molar-refractivity contribution in [1.82, 2.24) is 15.0 Å². The molecule has 4 nitrogen and oxygen atoms in total. The first-order chi connectivity index (χ1) is 10.1. The predicted octanol–water partition coefficient (Wildman–Crippen LogP) is 3.62. The van der Waals surface area contributed by atoms with Crippen molar-refractivity contribution in [2.75, 3.05) is 11.5 Å². The number of aromatic nitrogens is 3. The second-order valence-electron chi connectivity index (χ2n) is 6.09. The molecule has 0 aliphatic heterocycles. The Morgan fingerprint density at radius 1 is 1.19 bits per heavy atom. The molecule has 5 heteroatoms. The molecule has 0 saturated heterocycles. The minimum atomic E-state index is 0.563. The summed E-state index contributed by atoms with van der Waals surface area (Å²) >= 11 is 1.67. The van der Waals surface area contributed by atoms with Crippen molar-refractivity contribution >= 4 is 28.6 Å². The first kappa shape index (κ1) is 14.6. The molecule has 0 unspecified atom stereocenters. The summed E-state index contributed by atoms with van der Waals surface area (Å²) in [5, 5.41) is 1.66. The normalized spacial score (nSPS) is 14.6. The molecule has 112 valence electrons. The zero-order valence-electron chi connectivity index (χ0n) is 12.7. The summed E-state index contributed by atoms with van der Waals surface area (Å²) in [7, 11) is 0. The van der Waals surface area contributed by atoms with Crippen LogP contribution in [0.15, 0.2) is 11.2 Å². The van der Waals surface area contributed by atoms with Gasteiger partial charge in [-0.1, -0.05) is 25.6 Å². The number of nitrogens with zero attached hydrogens (tertiary/aromatic N) is 3. The summed E-state index contributed by atoms with van der Waals surface area (Å²) in [6.07, 6.45) is 5.78. The molecule has 0 spiro atoms. The van der Waals surface area contributed by atoms with Gasteiger partial charge in [0, 0.05) is 11.4 Å². The molecule has 0 amide bonds. The number of thioether (sulfide) groups is 1. The second-order valence-corrected chi connectivity index (χ2v) is 7.16. The van der Waals surface area contributed by atoms with Gasteiger partial charge in [-0.15, -0.1) is 0 Å². The van der Waals surface area contributed by atoms with Gasteiger partial charge in [-0.3, -0.25) is 0 Å². The van der Waals surface area contributed by atoms with E-state index >= 15 is 0 Å². The van der Waals surface area contributed by atoms with Gasteiger partial charge in [0.1, 0.15) is 5.82 Å². The molecule has 3 rings (SSSR count). The number of fused-ring (bicyclic) bond motifs is 2. The summed E-state index contributed by atoms with van der Waals surface area (Å²) in [5.41, 5.74) is 9.40. The van der Waals surface area contributed by atoms with Crippen LogP contribution in [0, 0.1) is 5.92 Å². The Bertz CT molecular complexity index is 654. The van der Waals surface area contributed by atoms with Crippen LogP contribution in [0.1, 0.15) is 44.4 Å². The van der Waals surface area contributed by atoms with Gasteiger partial charge in [0.2, 0.25) is 0 Å². The van der Waals surface area contributed by atoms with Crippen LogP contribution >= 0.6 is 11.8 Å². The zero-order chi connectivity index (χ0) is 14.8. The largest absolute Gasteiger partial charge is 0.383 e. The Hall–Kier alpha value is -1.36. The molecule has 2 heterocycles. The van der Waals surface area contributed by atoms with Gasteiger partial charge in [-0.25, -0.2) is 15.0 Å². The Morgan fingerprint density at radius 3 is 2.81 bits per heavy atom. The fourth-order valence-electron chi connectivity index (χ4n) is 2.63. The van der Waals surface area contributed by atoms with Crippen LogP contribution in [0.4, 0.5) is 5.82 Å². The summed E-state index contributed by atoms with van der Waals surface area (Å²) in [6.45, 7) is 4.45. The van der Waals surface area contributed by atoms with E-state index in [9.17, 15) is 0 Å². The van der Waals surface area contributed by atoms with Crippen molar-refractivity contribution in [3.05, 3.63) is 17.3 Å². The lowest BCUT2D eigenvalue weighted by Gasteiger charge is -2.15. The number of hydrogen-bond acceptors (Lipinski definition) is 5. The predicted molar refractivity (Wildman–Crippen MR) is 88.6 cm³/mol. The van der Waals surface area contributed by atoms with E-state index in [0.29, 0.717) is 11.7 Å². The highest BCUT2D eigenvalue weighted by molar-refractivity contribution is 7.99. The lowest BCUT2D eigenvalue weighted by Crippen LogP contribution is -2.08. The van der Waals surface area contributed by atoms with E-state index in [0.717, 1.165) is 41.2 Å². The molecule has 0 radical (unpaired) electrons. The lowest BCUT2D eigenvalue weighted by molar-refractivity contribution is 0.631. The Kier molecular flexibility index (Phi) is 4.29. The molecule has 21 heavy (non-hydrogen) atoms. The minimum absolute atomic E-state index is 0.563. The fourth-order valence-corrected chi connectivity index (χ4v) is 3.71. The van der Waals surface area contributed by atoms with Crippen molar-refractivity contribution in [1.29, 1.82) is 0 Å². The van der Waals surface area contributed by atoms with E-state index in [1.54, 1.807) is 11.8 Å². The molecule has 0 bridgehead atoms. The van der Waals surface area contributed by atoms with Gasteiger partial charge >= 0.3 is 0 Å². The molecule has 0 aromatic carbocycles. The third-order valence-corrected chi connectivity index (χ3v) is 4.78. The average Bonchev–Trinajstić information content (AvgIpc) is 2.45. The highest BCUT2D eigenvalue weighted by Gasteiger charge is 2.15. The first-order valence-corrected chi connectivity index (χ1v) is 8.71. The number of anilines is 1. The Labute approximate surface area is 130 Å². The molecule has 2 aromatic rings. The van der Waals surface area contributed by atoms with Gasteiger partial charge in [0.15, 0.2) is 10.8 Å². The van der Waals surface area contributed by atoms with E-state index in [-0.39, 0.29) is 0 Å². The monoisotopic (exact) mass is 302 g/mol. The minimum Gasteiger partial charge on any atom is -0.383 e. The quantitative estimate of drug-likeness (QED) is 0.690. The van der Waals surface area contributed by atoms with Crippen molar-refractivity contribution in [3.63, 3.8) is 0 Å². The average molecular weight is 302 g/mol. The Morgan fingerprint density at radius 2 is 2.00 bits per heavy atom. The smallest absolute Gasteiger partial charge is 0.191 e. The van der Waals surface area contributed by atoms with Gasteiger partial charge in [0.05, 0.1) is 5.39 Å². The van der Waals surface area contributed by atoms with Gasteiger partial charge in [0.25, 0.3) is 0 Å². The van der Waals surface area contributed by atoms with E-state index < -0.39 is 0 Å². The Balaban J connectivity index is 1.91. The van der Waals surface area contributed by atoms with Crippen LogP contribution in [0.5, 0.6) is 0 Å². The zero-order valence-corrected chi connectivity index (χ0v) is 13.5. The van der Waals surface area contributed by atoms with Crippen LogP contribution in [0.25, 0.3) is 11.0 Å². The van der Waals surface area contributed by atoms with Gasteiger partial charge in [-0.2, -0.15) is 0 Å². The van der Waals surface area contributed by atoms with Crippen LogP contribution in [0.2, 0.25) is 0 Å². The summed E-state index contributed by atoms with van der Waals surface area (Å²) in [4.78, 5) is 13.8. The molecule has 0 atom stereocenters. The van der Waals surface area contributed by atoms with Crippen LogP contribution in [-0.2, 0) is 12.8 Å². The second kappa shape index (κ2) is 6.18. The third kappa shape index (κ3) is 3.28. The number of pyridine rings is 1. The number of nitrogens with two attached hydrogens (primary N) is 1. The highest BCUT2D eigenvalue weighted by atomic mass is 32.2. The van der Waals surface area contributed by atoms with Crippen molar-refractivity contribution < 1.29 is 0 Å². The SMILES string of the molecule is CC(C)CCSc1nc(N)c2cc3c(nc2n1)CCCC3. The first-order valence-electron chi connectivity index (χ1n) is 7.72. The van der Waals surface area contributed by atoms with Gasteiger partial charge in [-0.05, 0) is 49.7 Å².